The molecule has 0 aromatic carbocycles. The number of rotatable bonds is 4. The normalized spacial score (nSPS) is 24.9. The lowest BCUT2D eigenvalue weighted by atomic mass is 9.85. The molecular weight excluding hydrogens is 244 g/mol. The van der Waals surface area contributed by atoms with Crippen molar-refractivity contribution in [3.63, 3.8) is 0 Å². The van der Waals surface area contributed by atoms with Crippen LogP contribution in [0.25, 0.3) is 0 Å². The molecule has 0 radical (unpaired) electrons. The monoisotopic (exact) mass is 270 g/mol. The van der Waals surface area contributed by atoms with E-state index in [9.17, 15) is 9.59 Å². The fourth-order valence-electron chi connectivity index (χ4n) is 2.70. The molecule has 1 aliphatic rings. The second-order valence-corrected chi connectivity index (χ2v) is 6.28. The molecule has 0 aromatic rings. The molecule has 0 unspecified atom stereocenters. The maximum absolute atomic E-state index is 12.1. The zero-order valence-electron chi connectivity index (χ0n) is 12.7. The molecule has 1 aliphatic carbocycles. The lowest BCUT2D eigenvalue weighted by Gasteiger charge is -2.27. The molecule has 0 amide bonds. The Morgan fingerprint density at radius 2 is 1.89 bits per heavy atom. The maximum Gasteiger partial charge on any atom is 0.309 e. The highest BCUT2D eigenvalue weighted by Gasteiger charge is 2.41. The van der Waals surface area contributed by atoms with Crippen molar-refractivity contribution in [2.75, 3.05) is 6.61 Å². The Hall–Kier alpha value is -1.06. The van der Waals surface area contributed by atoms with Crippen LogP contribution in [0.2, 0.25) is 0 Å². The molecule has 0 saturated heterocycles. The van der Waals surface area contributed by atoms with Gasteiger partial charge in [0, 0.05) is 0 Å². The minimum Gasteiger partial charge on any atom is -0.466 e. The molecule has 0 bridgehead atoms. The summed E-state index contributed by atoms with van der Waals surface area (Å²) in [6.45, 7) is 9.62. The van der Waals surface area contributed by atoms with Crippen LogP contribution in [0.4, 0.5) is 0 Å². The summed E-state index contributed by atoms with van der Waals surface area (Å²) >= 11 is 0. The third-order valence-electron chi connectivity index (χ3n) is 3.58. The van der Waals surface area contributed by atoms with Gasteiger partial charge in [-0.2, -0.15) is 0 Å². The van der Waals surface area contributed by atoms with Crippen molar-refractivity contribution in [1.82, 2.24) is 0 Å². The van der Waals surface area contributed by atoms with Crippen LogP contribution in [-0.2, 0) is 19.1 Å². The van der Waals surface area contributed by atoms with Crippen molar-refractivity contribution in [3.8, 4) is 0 Å². The van der Waals surface area contributed by atoms with E-state index in [4.69, 9.17) is 9.47 Å². The SMILES string of the molecule is CCOC(=O)[C@H]1CCC[C@@H]1[C@@H](C)C(=O)OC(C)(C)C. The number of esters is 2. The predicted molar refractivity (Wildman–Crippen MR) is 72.5 cm³/mol. The van der Waals surface area contributed by atoms with E-state index < -0.39 is 5.60 Å². The van der Waals surface area contributed by atoms with Crippen LogP contribution in [0, 0.1) is 17.8 Å². The number of carbonyl (C=O) groups excluding carboxylic acids is 2. The van der Waals surface area contributed by atoms with Crippen LogP contribution in [-0.4, -0.2) is 24.1 Å². The van der Waals surface area contributed by atoms with E-state index in [2.05, 4.69) is 0 Å². The smallest absolute Gasteiger partial charge is 0.309 e. The average molecular weight is 270 g/mol. The molecule has 0 aliphatic heterocycles. The molecule has 1 fully saturated rings. The third kappa shape index (κ3) is 4.51. The largest absolute Gasteiger partial charge is 0.466 e. The standard InChI is InChI=1S/C15H26O4/c1-6-18-14(17)12-9-7-8-11(12)10(2)13(16)19-15(3,4)5/h10-12H,6-9H2,1-5H3/t10-,11-,12+/m1/s1. The third-order valence-corrected chi connectivity index (χ3v) is 3.58. The molecule has 1 saturated carbocycles. The maximum atomic E-state index is 12.1. The first kappa shape index (κ1) is 16.0. The highest BCUT2D eigenvalue weighted by Crippen LogP contribution is 2.38. The minimum atomic E-state index is -0.483. The number of ether oxygens (including phenoxy) is 2. The van der Waals surface area contributed by atoms with Gasteiger partial charge in [-0.3, -0.25) is 9.59 Å². The van der Waals surface area contributed by atoms with E-state index in [-0.39, 0.29) is 29.7 Å². The zero-order chi connectivity index (χ0) is 14.6. The quantitative estimate of drug-likeness (QED) is 0.737. The Balaban J connectivity index is 2.67. The van der Waals surface area contributed by atoms with E-state index in [1.165, 1.54) is 0 Å². The van der Waals surface area contributed by atoms with E-state index in [1.807, 2.05) is 27.7 Å². The van der Waals surface area contributed by atoms with E-state index >= 15 is 0 Å². The van der Waals surface area contributed by atoms with E-state index in [0.717, 1.165) is 19.3 Å². The van der Waals surface area contributed by atoms with Crippen molar-refractivity contribution >= 4 is 11.9 Å². The lowest BCUT2D eigenvalue weighted by Crippen LogP contribution is -2.34. The average Bonchev–Trinajstić information content (AvgIpc) is 2.74. The molecule has 0 spiro atoms. The fraction of sp³-hybridized carbons (Fsp3) is 0.867. The summed E-state index contributed by atoms with van der Waals surface area (Å²) in [5, 5.41) is 0. The molecule has 0 aromatic heterocycles. The van der Waals surface area contributed by atoms with Gasteiger partial charge in [0.15, 0.2) is 0 Å². The van der Waals surface area contributed by atoms with Crippen LogP contribution in [0.15, 0.2) is 0 Å². The fourth-order valence-corrected chi connectivity index (χ4v) is 2.70. The van der Waals surface area contributed by atoms with Gasteiger partial charge in [-0.15, -0.1) is 0 Å². The molecule has 0 N–H and O–H groups in total. The number of hydrogen-bond acceptors (Lipinski definition) is 4. The first-order valence-corrected chi connectivity index (χ1v) is 7.15. The molecule has 4 nitrogen and oxygen atoms in total. The Bertz CT molecular complexity index is 330. The Kier molecular flexibility index (Phi) is 5.39. The summed E-state index contributed by atoms with van der Waals surface area (Å²) in [7, 11) is 0. The van der Waals surface area contributed by atoms with Gasteiger partial charge in [0.1, 0.15) is 5.60 Å². The van der Waals surface area contributed by atoms with Gasteiger partial charge in [-0.05, 0) is 46.5 Å². The predicted octanol–water partition coefficient (Wildman–Crippen LogP) is 2.94. The highest BCUT2D eigenvalue weighted by atomic mass is 16.6. The summed E-state index contributed by atoms with van der Waals surface area (Å²) in [5.41, 5.74) is -0.483. The van der Waals surface area contributed by atoms with Gasteiger partial charge < -0.3 is 9.47 Å². The topological polar surface area (TPSA) is 52.6 Å². The zero-order valence-corrected chi connectivity index (χ0v) is 12.7. The summed E-state index contributed by atoms with van der Waals surface area (Å²) in [6, 6.07) is 0. The second kappa shape index (κ2) is 6.40. The van der Waals surface area contributed by atoms with Crippen LogP contribution in [0.3, 0.4) is 0 Å². The second-order valence-electron chi connectivity index (χ2n) is 6.28. The number of carbonyl (C=O) groups is 2. The van der Waals surface area contributed by atoms with Gasteiger partial charge in [0.05, 0.1) is 18.4 Å². The van der Waals surface area contributed by atoms with Crippen LogP contribution < -0.4 is 0 Å². The molecule has 1 rings (SSSR count). The molecule has 110 valence electrons. The lowest BCUT2D eigenvalue weighted by molar-refractivity contribution is -0.163. The summed E-state index contributed by atoms with van der Waals surface area (Å²) < 4.78 is 10.5. The van der Waals surface area contributed by atoms with Crippen molar-refractivity contribution in [2.45, 2.75) is 59.5 Å². The highest BCUT2D eigenvalue weighted by molar-refractivity contribution is 5.77. The molecule has 0 heterocycles. The van der Waals surface area contributed by atoms with Crippen molar-refractivity contribution in [1.29, 1.82) is 0 Å². The first-order valence-electron chi connectivity index (χ1n) is 7.15. The van der Waals surface area contributed by atoms with E-state index in [0.29, 0.717) is 6.61 Å². The number of hydrogen-bond donors (Lipinski definition) is 0. The molecule has 3 atom stereocenters. The molecule has 4 heteroatoms. The Morgan fingerprint density at radius 1 is 1.26 bits per heavy atom. The van der Waals surface area contributed by atoms with Gasteiger partial charge in [-0.25, -0.2) is 0 Å². The van der Waals surface area contributed by atoms with Gasteiger partial charge in [0.2, 0.25) is 0 Å². The Morgan fingerprint density at radius 3 is 2.42 bits per heavy atom. The summed E-state index contributed by atoms with van der Waals surface area (Å²) in [5.74, 6) is -0.735. The molecular formula is C15H26O4. The van der Waals surface area contributed by atoms with Crippen molar-refractivity contribution < 1.29 is 19.1 Å². The minimum absolute atomic E-state index is 0.0499. The first-order chi connectivity index (χ1) is 8.76. The van der Waals surface area contributed by atoms with Crippen LogP contribution in [0.5, 0.6) is 0 Å². The van der Waals surface area contributed by atoms with Crippen LogP contribution >= 0.6 is 0 Å². The van der Waals surface area contributed by atoms with Gasteiger partial charge in [-0.1, -0.05) is 13.3 Å². The van der Waals surface area contributed by atoms with Gasteiger partial charge in [0.25, 0.3) is 0 Å². The van der Waals surface area contributed by atoms with Crippen molar-refractivity contribution in [2.24, 2.45) is 17.8 Å². The van der Waals surface area contributed by atoms with E-state index in [1.54, 1.807) is 6.92 Å². The van der Waals surface area contributed by atoms with Crippen LogP contribution in [0.1, 0.15) is 53.9 Å². The van der Waals surface area contributed by atoms with Gasteiger partial charge >= 0.3 is 11.9 Å². The Labute approximate surface area is 115 Å². The summed E-state index contributed by atoms with van der Waals surface area (Å²) in [6.07, 6.45) is 2.68. The van der Waals surface area contributed by atoms with Crippen molar-refractivity contribution in [3.05, 3.63) is 0 Å². The summed E-state index contributed by atoms with van der Waals surface area (Å²) in [4.78, 5) is 24.0. The molecule has 19 heavy (non-hydrogen) atoms.